The highest BCUT2D eigenvalue weighted by atomic mass is 16.5. The molecule has 0 radical (unpaired) electrons. The molecule has 138 valence electrons. The van der Waals surface area contributed by atoms with E-state index in [0.29, 0.717) is 24.4 Å². The first-order chi connectivity index (χ1) is 12.7. The molecule has 2 heterocycles. The second-order valence-corrected chi connectivity index (χ2v) is 6.45. The maximum Gasteiger partial charge on any atom is 0.256 e. The van der Waals surface area contributed by atoms with E-state index in [1.54, 1.807) is 42.5 Å². The third-order valence-electron chi connectivity index (χ3n) is 4.68. The lowest BCUT2D eigenvalue weighted by molar-refractivity contribution is -0.140. The van der Waals surface area contributed by atoms with Crippen LogP contribution in [0.2, 0.25) is 0 Å². The summed E-state index contributed by atoms with van der Waals surface area (Å²) in [5.74, 6) is 0.461. The van der Waals surface area contributed by atoms with Gasteiger partial charge < -0.3 is 14.7 Å². The first-order valence-electron chi connectivity index (χ1n) is 8.90. The van der Waals surface area contributed by atoms with E-state index in [-0.39, 0.29) is 5.91 Å². The summed E-state index contributed by atoms with van der Waals surface area (Å²) in [7, 11) is 1.59. The van der Waals surface area contributed by atoms with Crippen LogP contribution in [0.1, 0.15) is 23.8 Å². The molecule has 1 saturated heterocycles. The van der Waals surface area contributed by atoms with Crippen LogP contribution in [0.3, 0.4) is 0 Å². The number of aliphatic hydroxyl groups excluding tert-OH is 1. The van der Waals surface area contributed by atoms with Gasteiger partial charge in [-0.15, -0.1) is 0 Å². The van der Waals surface area contributed by atoms with Gasteiger partial charge in [0.05, 0.1) is 12.8 Å². The molecule has 26 heavy (non-hydrogen) atoms. The van der Waals surface area contributed by atoms with Gasteiger partial charge in [0.1, 0.15) is 5.75 Å². The molecular weight excluding hydrogens is 330 g/mol. The maximum atomic E-state index is 12.7. The Balaban J connectivity index is 1.58. The van der Waals surface area contributed by atoms with Crippen LogP contribution in [-0.4, -0.2) is 59.1 Å². The molecule has 0 unspecified atom stereocenters. The van der Waals surface area contributed by atoms with E-state index in [9.17, 15) is 9.90 Å². The highest BCUT2D eigenvalue weighted by Crippen LogP contribution is 2.20. The van der Waals surface area contributed by atoms with Gasteiger partial charge in [-0.3, -0.25) is 14.7 Å². The van der Waals surface area contributed by atoms with Crippen molar-refractivity contribution in [2.24, 2.45) is 0 Å². The predicted octanol–water partition coefficient (Wildman–Crippen LogP) is 1.86. The van der Waals surface area contributed by atoms with E-state index in [0.717, 1.165) is 31.7 Å². The molecule has 1 aliphatic heterocycles. The third-order valence-corrected chi connectivity index (χ3v) is 4.68. The molecule has 1 aromatic heterocycles. The fraction of sp³-hybridized carbons (Fsp3) is 0.400. The maximum absolute atomic E-state index is 12.7. The van der Waals surface area contributed by atoms with Gasteiger partial charge in [0.15, 0.2) is 6.10 Å². The highest BCUT2D eigenvalue weighted by molar-refractivity contribution is 5.82. The van der Waals surface area contributed by atoms with Crippen LogP contribution in [-0.2, 0) is 11.3 Å². The van der Waals surface area contributed by atoms with Crippen molar-refractivity contribution in [3.63, 3.8) is 0 Å². The Morgan fingerprint density at radius 2 is 1.96 bits per heavy atom. The average molecular weight is 355 g/mol. The minimum atomic E-state index is -1.14. The molecule has 1 fully saturated rings. The number of hydrogen-bond acceptors (Lipinski definition) is 5. The standard InChI is InChI=1S/C20H25N3O3/c1-26-18-8-6-16(7-9-18)19(24)20(25)23-12-4-11-22(13-14-23)15-17-5-2-3-10-21-17/h2-3,5-10,19,24H,4,11-15H2,1H3/t19-/m1/s1. The summed E-state index contributed by atoms with van der Waals surface area (Å²) in [5.41, 5.74) is 1.62. The summed E-state index contributed by atoms with van der Waals surface area (Å²) in [6.45, 7) is 3.74. The Hall–Kier alpha value is -2.44. The van der Waals surface area contributed by atoms with Crippen molar-refractivity contribution in [1.82, 2.24) is 14.8 Å². The zero-order chi connectivity index (χ0) is 18.4. The lowest BCUT2D eigenvalue weighted by Crippen LogP contribution is -2.38. The monoisotopic (exact) mass is 355 g/mol. The average Bonchev–Trinajstić information content (AvgIpc) is 2.93. The number of methoxy groups -OCH3 is 1. The summed E-state index contributed by atoms with van der Waals surface area (Å²) in [5, 5.41) is 10.4. The quantitative estimate of drug-likeness (QED) is 0.887. The number of hydrogen-bond donors (Lipinski definition) is 1. The molecule has 1 aliphatic rings. The van der Waals surface area contributed by atoms with Gasteiger partial charge in [-0.25, -0.2) is 0 Å². The molecule has 2 aromatic rings. The molecule has 1 N–H and O–H groups in total. The van der Waals surface area contributed by atoms with E-state index >= 15 is 0 Å². The zero-order valence-corrected chi connectivity index (χ0v) is 15.0. The lowest BCUT2D eigenvalue weighted by atomic mass is 10.1. The van der Waals surface area contributed by atoms with Gasteiger partial charge in [-0.1, -0.05) is 18.2 Å². The Bertz CT molecular complexity index is 706. The molecule has 0 saturated carbocycles. The fourth-order valence-electron chi connectivity index (χ4n) is 3.17. The molecule has 0 spiro atoms. The Labute approximate surface area is 154 Å². The topological polar surface area (TPSA) is 65.9 Å². The normalized spacial score (nSPS) is 16.8. The third kappa shape index (κ3) is 4.59. The van der Waals surface area contributed by atoms with E-state index in [1.165, 1.54) is 0 Å². The number of rotatable bonds is 5. The zero-order valence-electron chi connectivity index (χ0n) is 15.0. The van der Waals surface area contributed by atoms with Crippen LogP contribution in [0, 0.1) is 0 Å². The van der Waals surface area contributed by atoms with Crippen LogP contribution < -0.4 is 4.74 Å². The van der Waals surface area contributed by atoms with Gasteiger partial charge in [-0.2, -0.15) is 0 Å². The summed E-state index contributed by atoms with van der Waals surface area (Å²) in [6, 6.07) is 12.9. The number of pyridine rings is 1. The van der Waals surface area contributed by atoms with Crippen molar-refractivity contribution < 1.29 is 14.6 Å². The van der Waals surface area contributed by atoms with E-state index in [1.807, 2.05) is 18.2 Å². The van der Waals surface area contributed by atoms with Crippen LogP contribution in [0.4, 0.5) is 0 Å². The van der Waals surface area contributed by atoms with Crippen molar-refractivity contribution >= 4 is 5.91 Å². The second kappa shape index (κ2) is 8.78. The van der Waals surface area contributed by atoms with Crippen LogP contribution in [0.25, 0.3) is 0 Å². The number of aromatic nitrogens is 1. The number of aliphatic hydroxyl groups is 1. The van der Waals surface area contributed by atoms with Crippen molar-refractivity contribution in [3.05, 3.63) is 59.9 Å². The molecule has 1 atom stereocenters. The van der Waals surface area contributed by atoms with Gasteiger partial charge in [0.2, 0.25) is 0 Å². The Morgan fingerprint density at radius 3 is 2.65 bits per heavy atom. The summed E-state index contributed by atoms with van der Waals surface area (Å²) < 4.78 is 5.12. The molecule has 6 heteroatoms. The minimum absolute atomic E-state index is 0.241. The summed E-state index contributed by atoms with van der Waals surface area (Å²) >= 11 is 0. The number of carbonyl (C=O) groups excluding carboxylic acids is 1. The Morgan fingerprint density at radius 1 is 1.15 bits per heavy atom. The molecular formula is C20H25N3O3. The summed E-state index contributed by atoms with van der Waals surface area (Å²) in [4.78, 5) is 21.1. The molecule has 1 amide bonds. The van der Waals surface area contributed by atoms with Crippen LogP contribution in [0.15, 0.2) is 48.7 Å². The number of amides is 1. The number of ether oxygens (including phenoxy) is 1. The Kier molecular flexibility index (Phi) is 6.20. The molecule has 1 aromatic carbocycles. The molecule has 0 bridgehead atoms. The lowest BCUT2D eigenvalue weighted by Gasteiger charge is -2.24. The number of nitrogens with zero attached hydrogens (tertiary/aromatic N) is 3. The molecule has 3 rings (SSSR count). The van der Waals surface area contributed by atoms with E-state index in [4.69, 9.17) is 4.74 Å². The SMILES string of the molecule is COc1ccc([C@@H](O)C(=O)N2CCCN(Cc3ccccn3)CC2)cc1. The predicted molar refractivity (Wildman–Crippen MR) is 98.7 cm³/mol. The number of carbonyl (C=O) groups is 1. The van der Waals surface area contributed by atoms with E-state index in [2.05, 4.69) is 9.88 Å². The number of benzene rings is 1. The van der Waals surface area contributed by atoms with Gasteiger partial charge in [0.25, 0.3) is 5.91 Å². The molecule has 0 aliphatic carbocycles. The first-order valence-corrected chi connectivity index (χ1v) is 8.90. The van der Waals surface area contributed by atoms with Gasteiger partial charge >= 0.3 is 0 Å². The first kappa shape index (κ1) is 18.4. The van der Waals surface area contributed by atoms with Gasteiger partial charge in [-0.05, 0) is 36.2 Å². The largest absolute Gasteiger partial charge is 0.497 e. The summed E-state index contributed by atoms with van der Waals surface area (Å²) in [6.07, 6.45) is 1.55. The minimum Gasteiger partial charge on any atom is -0.497 e. The highest BCUT2D eigenvalue weighted by Gasteiger charge is 2.26. The van der Waals surface area contributed by atoms with Crippen LogP contribution >= 0.6 is 0 Å². The molecule has 6 nitrogen and oxygen atoms in total. The van der Waals surface area contributed by atoms with Crippen molar-refractivity contribution in [3.8, 4) is 5.75 Å². The second-order valence-electron chi connectivity index (χ2n) is 6.45. The van der Waals surface area contributed by atoms with Crippen molar-refractivity contribution in [2.75, 3.05) is 33.3 Å². The fourth-order valence-corrected chi connectivity index (χ4v) is 3.17. The van der Waals surface area contributed by atoms with Gasteiger partial charge in [0, 0.05) is 38.9 Å². The van der Waals surface area contributed by atoms with Crippen molar-refractivity contribution in [1.29, 1.82) is 0 Å². The van der Waals surface area contributed by atoms with E-state index < -0.39 is 6.10 Å². The van der Waals surface area contributed by atoms with Crippen molar-refractivity contribution in [2.45, 2.75) is 19.1 Å². The smallest absolute Gasteiger partial charge is 0.256 e. The van der Waals surface area contributed by atoms with Crippen LogP contribution in [0.5, 0.6) is 5.75 Å².